The number of nitriles is 1. The molecular formula is C24H17FN4O2. The predicted molar refractivity (Wildman–Crippen MR) is 116 cm³/mol. The molecule has 0 saturated heterocycles. The number of rotatable bonds is 5. The highest BCUT2D eigenvalue weighted by molar-refractivity contribution is 6.02. The lowest BCUT2D eigenvalue weighted by Crippen LogP contribution is -2.16. The molecule has 0 bridgehead atoms. The normalized spacial score (nSPS) is 11.2. The number of fused-ring (bicyclic) bond motifs is 1. The van der Waals surface area contributed by atoms with E-state index < -0.39 is 5.82 Å². The van der Waals surface area contributed by atoms with E-state index in [9.17, 15) is 4.39 Å². The Hall–Kier alpha value is -4.44. The molecule has 31 heavy (non-hydrogen) atoms. The second kappa shape index (κ2) is 8.51. The van der Waals surface area contributed by atoms with Crippen LogP contribution in [0.4, 0.5) is 10.1 Å². The topological polar surface area (TPSA) is 93.5 Å². The molecule has 0 unspecified atom stereocenters. The van der Waals surface area contributed by atoms with Crippen LogP contribution in [0.5, 0.6) is 17.2 Å². The highest BCUT2D eigenvalue weighted by atomic mass is 19.1. The molecule has 0 aliphatic carbocycles. The van der Waals surface area contributed by atoms with Crippen molar-refractivity contribution in [2.24, 2.45) is 10.7 Å². The van der Waals surface area contributed by atoms with Gasteiger partial charge >= 0.3 is 0 Å². The zero-order valence-corrected chi connectivity index (χ0v) is 16.5. The van der Waals surface area contributed by atoms with Crippen molar-refractivity contribution >= 4 is 22.4 Å². The maximum Gasteiger partial charge on any atom is 0.169 e. The molecule has 3 aromatic carbocycles. The van der Waals surface area contributed by atoms with Crippen LogP contribution >= 0.6 is 0 Å². The van der Waals surface area contributed by atoms with E-state index in [0.29, 0.717) is 34.0 Å². The number of nitrogens with zero attached hydrogens (tertiary/aromatic N) is 3. The van der Waals surface area contributed by atoms with Gasteiger partial charge in [0.2, 0.25) is 0 Å². The van der Waals surface area contributed by atoms with Crippen LogP contribution in [-0.4, -0.2) is 17.9 Å². The van der Waals surface area contributed by atoms with E-state index in [4.69, 9.17) is 20.5 Å². The van der Waals surface area contributed by atoms with E-state index in [1.54, 1.807) is 30.3 Å². The third kappa shape index (κ3) is 4.28. The minimum Gasteiger partial charge on any atom is -0.493 e. The molecule has 1 heterocycles. The Morgan fingerprint density at radius 3 is 2.52 bits per heavy atom. The molecule has 2 N–H and O–H groups in total. The maximum atomic E-state index is 13.6. The molecule has 1 aromatic heterocycles. The average molecular weight is 412 g/mol. The lowest BCUT2D eigenvalue weighted by molar-refractivity contribution is 0.375. The largest absolute Gasteiger partial charge is 0.493 e. The van der Waals surface area contributed by atoms with Crippen molar-refractivity contribution in [3.05, 3.63) is 89.9 Å². The smallest absolute Gasteiger partial charge is 0.169 e. The number of halogens is 1. The minimum absolute atomic E-state index is 0.131. The van der Waals surface area contributed by atoms with Gasteiger partial charge in [-0.25, -0.2) is 14.4 Å². The Balaban J connectivity index is 1.81. The van der Waals surface area contributed by atoms with E-state index in [1.807, 2.05) is 24.3 Å². The SMILES string of the molecule is COc1cc(F)ccc1Oc1cc2ccccc2nc1C(N)=Nc1ccc(C#N)cc1. The van der Waals surface area contributed by atoms with E-state index in [0.717, 1.165) is 5.39 Å². The van der Waals surface area contributed by atoms with Gasteiger partial charge in [-0.15, -0.1) is 0 Å². The Bertz CT molecular complexity index is 1330. The van der Waals surface area contributed by atoms with Crippen LogP contribution in [0, 0.1) is 17.1 Å². The van der Waals surface area contributed by atoms with Gasteiger partial charge in [0, 0.05) is 11.5 Å². The molecule has 0 fully saturated rings. The number of amidine groups is 1. The monoisotopic (exact) mass is 412 g/mol. The molecule has 7 heteroatoms. The molecule has 0 amide bonds. The van der Waals surface area contributed by atoms with Crippen LogP contribution in [0.15, 0.2) is 77.8 Å². The Morgan fingerprint density at radius 1 is 1.00 bits per heavy atom. The summed E-state index contributed by atoms with van der Waals surface area (Å²) in [6, 6.07) is 22.0. The first kappa shape index (κ1) is 19.9. The van der Waals surface area contributed by atoms with Crippen molar-refractivity contribution in [1.82, 2.24) is 4.98 Å². The fourth-order valence-corrected chi connectivity index (χ4v) is 3.00. The molecular weight excluding hydrogens is 395 g/mol. The van der Waals surface area contributed by atoms with E-state index in [2.05, 4.69) is 16.0 Å². The van der Waals surface area contributed by atoms with Crippen molar-refractivity contribution in [1.29, 1.82) is 5.26 Å². The number of aliphatic imine (C=N–C) groups is 1. The lowest BCUT2D eigenvalue weighted by atomic mass is 10.1. The van der Waals surface area contributed by atoms with E-state index >= 15 is 0 Å². The van der Waals surface area contributed by atoms with Crippen molar-refractivity contribution in [3.8, 4) is 23.3 Å². The fourth-order valence-electron chi connectivity index (χ4n) is 3.00. The number of pyridine rings is 1. The van der Waals surface area contributed by atoms with Crippen LogP contribution in [0.1, 0.15) is 11.3 Å². The Labute approximate surface area is 178 Å². The molecule has 0 radical (unpaired) electrons. The molecule has 0 atom stereocenters. The van der Waals surface area contributed by atoms with Crippen molar-refractivity contribution in [2.75, 3.05) is 7.11 Å². The molecule has 0 aliphatic rings. The van der Waals surface area contributed by atoms with Crippen molar-refractivity contribution < 1.29 is 13.9 Å². The summed E-state index contributed by atoms with van der Waals surface area (Å²) in [5.74, 6) is 0.586. The third-order valence-electron chi connectivity index (χ3n) is 4.52. The maximum absolute atomic E-state index is 13.6. The second-order valence-electron chi connectivity index (χ2n) is 6.58. The summed E-state index contributed by atoms with van der Waals surface area (Å²) < 4.78 is 24.8. The number of aromatic nitrogens is 1. The molecule has 4 aromatic rings. The van der Waals surface area contributed by atoms with E-state index in [1.165, 1.54) is 25.3 Å². The van der Waals surface area contributed by atoms with Crippen molar-refractivity contribution in [2.45, 2.75) is 0 Å². The van der Waals surface area contributed by atoms with Gasteiger partial charge in [0.1, 0.15) is 11.5 Å². The van der Waals surface area contributed by atoms with Gasteiger partial charge in [-0.05, 0) is 48.5 Å². The first-order valence-corrected chi connectivity index (χ1v) is 9.33. The summed E-state index contributed by atoms with van der Waals surface area (Å²) in [7, 11) is 1.43. The molecule has 0 aliphatic heterocycles. The fraction of sp³-hybridized carbons (Fsp3) is 0.0417. The summed E-state index contributed by atoms with van der Waals surface area (Å²) in [6.45, 7) is 0. The highest BCUT2D eigenvalue weighted by Crippen LogP contribution is 2.34. The lowest BCUT2D eigenvalue weighted by Gasteiger charge is -2.14. The number of nitrogens with two attached hydrogens (primary N) is 1. The highest BCUT2D eigenvalue weighted by Gasteiger charge is 2.16. The van der Waals surface area contributed by atoms with Crippen LogP contribution in [0.2, 0.25) is 0 Å². The third-order valence-corrected chi connectivity index (χ3v) is 4.52. The predicted octanol–water partition coefficient (Wildman–Crippen LogP) is 5.08. The molecule has 152 valence electrons. The van der Waals surface area contributed by atoms with Gasteiger partial charge in [-0.1, -0.05) is 18.2 Å². The minimum atomic E-state index is -0.442. The molecule has 0 saturated carbocycles. The molecule has 6 nitrogen and oxygen atoms in total. The Morgan fingerprint density at radius 2 is 1.77 bits per heavy atom. The summed E-state index contributed by atoms with van der Waals surface area (Å²) in [5.41, 5.74) is 8.42. The molecule has 0 spiro atoms. The average Bonchev–Trinajstić information content (AvgIpc) is 2.80. The van der Waals surface area contributed by atoms with Crippen LogP contribution in [0.25, 0.3) is 10.9 Å². The molecule has 4 rings (SSSR count). The number of methoxy groups -OCH3 is 1. The number of benzene rings is 3. The van der Waals surface area contributed by atoms with Gasteiger partial charge in [-0.3, -0.25) is 0 Å². The Kier molecular flexibility index (Phi) is 5.45. The standard InChI is InChI=1S/C24H17FN4O2/c1-30-21-13-17(25)8-11-20(21)31-22-12-16-4-2-3-5-19(16)29-23(22)24(27)28-18-9-6-15(14-26)7-10-18/h2-13H,1H3,(H2,27,28). The van der Waals surface area contributed by atoms with Crippen molar-refractivity contribution in [3.63, 3.8) is 0 Å². The van der Waals surface area contributed by atoms with Crippen LogP contribution in [-0.2, 0) is 0 Å². The van der Waals surface area contributed by atoms with Gasteiger partial charge in [-0.2, -0.15) is 5.26 Å². The zero-order valence-electron chi connectivity index (χ0n) is 16.5. The summed E-state index contributed by atoms with van der Waals surface area (Å²) in [4.78, 5) is 9.05. The van der Waals surface area contributed by atoms with Gasteiger partial charge in [0.25, 0.3) is 0 Å². The van der Waals surface area contributed by atoms with E-state index in [-0.39, 0.29) is 11.6 Å². The number of hydrogen-bond donors (Lipinski definition) is 1. The van der Waals surface area contributed by atoms with Gasteiger partial charge < -0.3 is 15.2 Å². The quantitative estimate of drug-likeness (QED) is 0.364. The summed E-state index contributed by atoms with van der Waals surface area (Å²) >= 11 is 0. The number of ether oxygens (including phenoxy) is 2. The summed E-state index contributed by atoms with van der Waals surface area (Å²) in [5, 5.41) is 9.80. The first-order chi connectivity index (χ1) is 15.1. The van der Waals surface area contributed by atoms with Crippen LogP contribution in [0.3, 0.4) is 0 Å². The van der Waals surface area contributed by atoms with Gasteiger partial charge in [0.05, 0.1) is 29.9 Å². The zero-order chi connectivity index (χ0) is 21.8. The second-order valence-corrected chi connectivity index (χ2v) is 6.58. The summed E-state index contributed by atoms with van der Waals surface area (Å²) in [6.07, 6.45) is 0. The number of hydrogen-bond acceptors (Lipinski definition) is 5. The van der Waals surface area contributed by atoms with Crippen LogP contribution < -0.4 is 15.2 Å². The van der Waals surface area contributed by atoms with Gasteiger partial charge in [0.15, 0.2) is 23.1 Å². The number of para-hydroxylation sites is 1. The first-order valence-electron chi connectivity index (χ1n) is 9.33.